The van der Waals surface area contributed by atoms with Crippen LogP contribution in [0.5, 0.6) is 5.75 Å². The average Bonchev–Trinajstić information content (AvgIpc) is 2.76. The summed E-state index contributed by atoms with van der Waals surface area (Å²) in [5, 5.41) is 16.2. The molecule has 3 aromatic carbocycles. The van der Waals surface area contributed by atoms with Crippen LogP contribution in [0.3, 0.4) is 0 Å². The van der Waals surface area contributed by atoms with Crippen LogP contribution < -0.4 is 10.1 Å². The third-order valence-electron chi connectivity index (χ3n) is 4.59. The van der Waals surface area contributed by atoms with Gasteiger partial charge in [0.15, 0.2) is 12.4 Å². The highest BCUT2D eigenvalue weighted by Gasteiger charge is 2.20. The summed E-state index contributed by atoms with van der Waals surface area (Å²) >= 11 is 0. The topological polar surface area (TPSA) is 108 Å². The Labute approximate surface area is 172 Å². The van der Waals surface area contributed by atoms with Crippen LogP contribution in [0, 0.1) is 10.1 Å². The third kappa shape index (κ3) is 4.72. The van der Waals surface area contributed by atoms with Gasteiger partial charge in [-0.3, -0.25) is 14.9 Å². The fourth-order valence-corrected chi connectivity index (χ4v) is 3.01. The molecule has 0 saturated carbocycles. The van der Waals surface area contributed by atoms with Gasteiger partial charge in [-0.25, -0.2) is 4.79 Å². The van der Waals surface area contributed by atoms with Gasteiger partial charge in [0.1, 0.15) is 0 Å². The first-order valence-electron chi connectivity index (χ1n) is 9.16. The van der Waals surface area contributed by atoms with E-state index in [2.05, 4.69) is 10.1 Å². The number of carbonyl (C=O) groups excluding carboxylic acids is 2. The Kier molecular flexibility index (Phi) is 6.26. The molecule has 0 aliphatic carbocycles. The van der Waals surface area contributed by atoms with Crippen molar-refractivity contribution < 1.29 is 24.0 Å². The van der Waals surface area contributed by atoms with Crippen molar-refractivity contribution in [3.8, 4) is 5.75 Å². The third-order valence-corrected chi connectivity index (χ3v) is 4.59. The summed E-state index contributed by atoms with van der Waals surface area (Å²) in [7, 11) is 1.20. The fraction of sp³-hybridized carbons (Fsp3) is 0.182. The van der Waals surface area contributed by atoms with E-state index < -0.39 is 23.4 Å². The van der Waals surface area contributed by atoms with Gasteiger partial charge in [0.2, 0.25) is 0 Å². The van der Waals surface area contributed by atoms with Crippen LogP contribution in [0.25, 0.3) is 10.8 Å². The molecule has 8 heteroatoms. The molecule has 0 aliphatic heterocycles. The second-order valence-corrected chi connectivity index (χ2v) is 6.62. The van der Waals surface area contributed by atoms with E-state index in [0.717, 1.165) is 22.4 Å². The first-order chi connectivity index (χ1) is 14.4. The minimum atomic E-state index is -0.663. The Morgan fingerprint density at radius 1 is 1.07 bits per heavy atom. The summed E-state index contributed by atoms with van der Waals surface area (Å²) in [5.74, 6) is -1.30. The normalized spacial score (nSPS) is 11.5. The molecule has 0 bridgehead atoms. The maximum absolute atomic E-state index is 12.3. The van der Waals surface area contributed by atoms with Gasteiger partial charge in [0.05, 0.1) is 23.6 Å². The number of benzene rings is 3. The van der Waals surface area contributed by atoms with Crippen LogP contribution in [0.2, 0.25) is 0 Å². The summed E-state index contributed by atoms with van der Waals surface area (Å²) in [5.41, 5.74) is 0.654. The Balaban J connectivity index is 1.68. The first-order valence-corrected chi connectivity index (χ1v) is 9.16. The Morgan fingerprint density at radius 2 is 1.80 bits per heavy atom. The van der Waals surface area contributed by atoms with Crippen molar-refractivity contribution in [2.24, 2.45) is 0 Å². The monoisotopic (exact) mass is 408 g/mol. The Bertz CT molecular complexity index is 1110. The predicted octanol–water partition coefficient (Wildman–Crippen LogP) is 3.79. The number of rotatable bonds is 7. The molecule has 0 fully saturated rings. The second-order valence-electron chi connectivity index (χ2n) is 6.62. The number of methoxy groups -OCH3 is 1. The van der Waals surface area contributed by atoms with E-state index in [1.807, 2.05) is 49.4 Å². The number of ether oxygens (including phenoxy) is 2. The fourth-order valence-electron chi connectivity index (χ4n) is 3.01. The minimum Gasteiger partial charge on any atom is -0.477 e. The number of esters is 1. The summed E-state index contributed by atoms with van der Waals surface area (Å²) in [6.45, 7) is 1.39. The van der Waals surface area contributed by atoms with Gasteiger partial charge >= 0.3 is 11.7 Å². The molecular weight excluding hydrogens is 388 g/mol. The number of hydrogen-bond donors (Lipinski definition) is 1. The van der Waals surface area contributed by atoms with Gasteiger partial charge < -0.3 is 14.8 Å². The largest absolute Gasteiger partial charge is 0.477 e. The molecule has 3 rings (SSSR count). The van der Waals surface area contributed by atoms with Crippen molar-refractivity contribution in [3.63, 3.8) is 0 Å². The van der Waals surface area contributed by atoms with E-state index in [0.29, 0.717) is 0 Å². The zero-order chi connectivity index (χ0) is 21.7. The molecule has 1 unspecified atom stereocenters. The standard InChI is InChI=1S/C22H20N2O6/c1-14(16-8-7-15-5-3-4-6-17(15)11-16)23-21(25)13-30-20-12-18(22(26)29-2)9-10-19(20)24(27)28/h3-12,14H,13H2,1-2H3,(H,23,25). The molecule has 154 valence electrons. The second kappa shape index (κ2) is 9.04. The zero-order valence-corrected chi connectivity index (χ0v) is 16.5. The summed E-state index contributed by atoms with van der Waals surface area (Å²) in [4.78, 5) is 34.5. The Hall–Kier alpha value is -3.94. The lowest BCUT2D eigenvalue weighted by molar-refractivity contribution is -0.385. The van der Waals surface area contributed by atoms with Gasteiger partial charge in [-0.2, -0.15) is 0 Å². The van der Waals surface area contributed by atoms with Gasteiger partial charge in [0.25, 0.3) is 5.91 Å². The molecule has 1 N–H and O–H groups in total. The first kappa shape index (κ1) is 20.8. The van der Waals surface area contributed by atoms with E-state index in [1.54, 1.807) is 0 Å². The van der Waals surface area contributed by atoms with Crippen LogP contribution in [-0.2, 0) is 9.53 Å². The molecule has 0 aliphatic rings. The number of amides is 1. The molecule has 0 heterocycles. The van der Waals surface area contributed by atoms with Gasteiger partial charge in [-0.05, 0) is 35.4 Å². The number of nitrogens with one attached hydrogen (secondary N) is 1. The molecule has 30 heavy (non-hydrogen) atoms. The molecule has 3 aromatic rings. The quantitative estimate of drug-likeness (QED) is 0.362. The van der Waals surface area contributed by atoms with E-state index in [-0.39, 0.29) is 23.0 Å². The lowest BCUT2D eigenvalue weighted by Gasteiger charge is -2.15. The van der Waals surface area contributed by atoms with E-state index in [9.17, 15) is 19.7 Å². The van der Waals surface area contributed by atoms with E-state index in [1.165, 1.54) is 19.2 Å². The molecule has 1 atom stereocenters. The lowest BCUT2D eigenvalue weighted by Crippen LogP contribution is -2.31. The molecule has 0 radical (unpaired) electrons. The van der Waals surface area contributed by atoms with Crippen LogP contribution in [0.4, 0.5) is 5.69 Å². The molecule has 0 saturated heterocycles. The van der Waals surface area contributed by atoms with Crippen LogP contribution >= 0.6 is 0 Å². The molecule has 1 amide bonds. The van der Waals surface area contributed by atoms with Gasteiger partial charge in [-0.15, -0.1) is 0 Å². The Morgan fingerprint density at radius 3 is 2.50 bits per heavy atom. The highest BCUT2D eigenvalue weighted by Crippen LogP contribution is 2.28. The summed E-state index contributed by atoms with van der Waals surface area (Å²) < 4.78 is 9.95. The minimum absolute atomic E-state index is 0.0861. The smallest absolute Gasteiger partial charge is 0.337 e. The van der Waals surface area contributed by atoms with Gasteiger partial charge in [0, 0.05) is 12.1 Å². The lowest BCUT2D eigenvalue weighted by atomic mass is 10.0. The molecular formula is C22H20N2O6. The highest BCUT2D eigenvalue weighted by atomic mass is 16.6. The van der Waals surface area contributed by atoms with Gasteiger partial charge in [-0.1, -0.05) is 36.4 Å². The van der Waals surface area contributed by atoms with Crippen molar-refractivity contribution in [2.75, 3.05) is 13.7 Å². The maximum Gasteiger partial charge on any atom is 0.337 e. The van der Waals surface area contributed by atoms with E-state index >= 15 is 0 Å². The maximum atomic E-state index is 12.3. The van der Waals surface area contributed by atoms with Crippen LogP contribution in [0.15, 0.2) is 60.7 Å². The summed E-state index contributed by atoms with van der Waals surface area (Å²) in [6, 6.07) is 17.1. The number of nitro groups is 1. The number of nitrogens with zero attached hydrogens (tertiary/aromatic N) is 1. The van der Waals surface area contributed by atoms with Crippen LogP contribution in [0.1, 0.15) is 28.9 Å². The van der Waals surface area contributed by atoms with Crippen LogP contribution in [-0.4, -0.2) is 30.5 Å². The number of nitro benzene ring substituents is 1. The van der Waals surface area contributed by atoms with Crippen molar-refractivity contribution in [1.29, 1.82) is 0 Å². The van der Waals surface area contributed by atoms with Crippen molar-refractivity contribution in [1.82, 2.24) is 5.32 Å². The SMILES string of the molecule is COC(=O)c1ccc([N+](=O)[O-])c(OCC(=O)NC(C)c2ccc3ccccc3c2)c1. The average molecular weight is 408 g/mol. The highest BCUT2D eigenvalue weighted by molar-refractivity contribution is 5.90. The number of fused-ring (bicyclic) bond motifs is 1. The molecule has 8 nitrogen and oxygen atoms in total. The molecule has 0 spiro atoms. The van der Waals surface area contributed by atoms with Crippen molar-refractivity contribution in [2.45, 2.75) is 13.0 Å². The van der Waals surface area contributed by atoms with Crippen molar-refractivity contribution in [3.05, 3.63) is 81.9 Å². The number of carbonyl (C=O) groups is 2. The zero-order valence-electron chi connectivity index (χ0n) is 16.5. The number of hydrogen-bond acceptors (Lipinski definition) is 6. The van der Waals surface area contributed by atoms with Crippen molar-refractivity contribution >= 4 is 28.3 Å². The predicted molar refractivity (Wildman–Crippen MR) is 110 cm³/mol. The molecule has 0 aromatic heterocycles. The summed E-state index contributed by atoms with van der Waals surface area (Å²) in [6.07, 6.45) is 0. The van der Waals surface area contributed by atoms with E-state index in [4.69, 9.17) is 4.74 Å².